The molecular weight excluding hydrogens is 436 g/mol. The lowest BCUT2D eigenvalue weighted by atomic mass is 10.1. The van der Waals surface area contributed by atoms with E-state index in [0.29, 0.717) is 30.2 Å². The molecule has 6 nitrogen and oxygen atoms in total. The Morgan fingerprint density at radius 3 is 2.51 bits per heavy atom. The van der Waals surface area contributed by atoms with Crippen LogP contribution in [0.1, 0.15) is 47.7 Å². The molecular formula is C29H32N4O2. The van der Waals surface area contributed by atoms with Crippen molar-refractivity contribution >= 4 is 28.2 Å². The Hall–Kier alpha value is -3.74. The zero-order chi connectivity index (χ0) is 24.5. The molecule has 0 bridgehead atoms. The van der Waals surface area contributed by atoms with Crippen molar-refractivity contribution in [1.82, 2.24) is 10.3 Å². The first-order valence-electron chi connectivity index (χ1n) is 12.0. The first-order chi connectivity index (χ1) is 17.1. The minimum Gasteiger partial charge on any atom is -0.384 e. The van der Waals surface area contributed by atoms with Gasteiger partial charge in [-0.2, -0.15) is 0 Å². The first kappa shape index (κ1) is 24.4. The lowest BCUT2D eigenvalue weighted by Gasteiger charge is -2.20. The molecule has 4 N–H and O–H groups in total. The average molecular weight is 469 g/mol. The summed E-state index contributed by atoms with van der Waals surface area (Å²) in [5.74, 6) is 0.180. The van der Waals surface area contributed by atoms with Gasteiger partial charge in [-0.25, -0.2) is 4.98 Å². The molecule has 0 radical (unpaired) electrons. The summed E-state index contributed by atoms with van der Waals surface area (Å²) < 4.78 is 6.25. The van der Waals surface area contributed by atoms with Crippen LogP contribution in [0.3, 0.4) is 0 Å². The second kappa shape index (κ2) is 12.1. The number of benzene rings is 3. The van der Waals surface area contributed by atoms with Gasteiger partial charge in [0, 0.05) is 30.1 Å². The number of ether oxygens (including phenoxy) is 1. The lowest BCUT2D eigenvalue weighted by Crippen LogP contribution is -2.31. The van der Waals surface area contributed by atoms with Gasteiger partial charge in [-0.15, -0.1) is 0 Å². The fourth-order valence-corrected chi connectivity index (χ4v) is 3.89. The number of anilines is 2. The van der Waals surface area contributed by atoms with Gasteiger partial charge in [0.25, 0.3) is 5.91 Å². The summed E-state index contributed by atoms with van der Waals surface area (Å²) in [4.78, 5) is 16.5. The zero-order valence-electron chi connectivity index (χ0n) is 20.0. The number of nitrogens with zero attached hydrogens (tertiary/aromatic N) is 1. The van der Waals surface area contributed by atoms with Crippen molar-refractivity contribution in [3.8, 4) is 0 Å². The summed E-state index contributed by atoms with van der Waals surface area (Å²) in [5, 5.41) is 8.83. The standard InChI is InChI=1S/C29H32N4O2/c1-2-3-8-28(35-20-22-11-12-23-6-4-5-7-25(23)17-22)32-19-21-9-13-24(14-10-21)29(34)33-26-15-16-31-27(30)18-26/h4-7,9-18,28,32H,2-3,8,19-20H2,1H3,(H3,30,31,33,34). The summed E-state index contributed by atoms with van der Waals surface area (Å²) in [7, 11) is 0. The fourth-order valence-electron chi connectivity index (χ4n) is 3.89. The number of hydrogen-bond acceptors (Lipinski definition) is 5. The fraction of sp³-hybridized carbons (Fsp3) is 0.241. The van der Waals surface area contributed by atoms with Crippen LogP contribution in [-0.4, -0.2) is 17.1 Å². The number of rotatable bonds is 11. The predicted octanol–water partition coefficient (Wildman–Crippen LogP) is 5.89. The van der Waals surface area contributed by atoms with E-state index in [1.54, 1.807) is 18.3 Å². The van der Waals surface area contributed by atoms with Crippen LogP contribution in [0.4, 0.5) is 11.5 Å². The third-order valence-corrected chi connectivity index (χ3v) is 5.87. The van der Waals surface area contributed by atoms with Gasteiger partial charge in [0.1, 0.15) is 12.0 Å². The zero-order valence-corrected chi connectivity index (χ0v) is 20.0. The number of carbonyl (C=O) groups is 1. The van der Waals surface area contributed by atoms with Crippen molar-refractivity contribution in [3.63, 3.8) is 0 Å². The van der Waals surface area contributed by atoms with Gasteiger partial charge < -0.3 is 15.8 Å². The molecule has 4 rings (SSSR count). The third-order valence-electron chi connectivity index (χ3n) is 5.87. The minimum absolute atomic E-state index is 0.0402. The Morgan fingerprint density at radius 1 is 0.971 bits per heavy atom. The van der Waals surface area contributed by atoms with Crippen LogP contribution < -0.4 is 16.4 Å². The van der Waals surface area contributed by atoms with Crippen molar-refractivity contribution in [1.29, 1.82) is 0 Å². The lowest BCUT2D eigenvalue weighted by molar-refractivity contribution is 0.00957. The Kier molecular flexibility index (Phi) is 8.44. The van der Waals surface area contributed by atoms with E-state index in [9.17, 15) is 4.79 Å². The van der Waals surface area contributed by atoms with E-state index in [1.807, 2.05) is 24.3 Å². The molecule has 1 amide bonds. The number of nitrogen functional groups attached to an aromatic ring is 1. The Balaban J connectivity index is 1.31. The molecule has 35 heavy (non-hydrogen) atoms. The molecule has 0 aliphatic rings. The van der Waals surface area contributed by atoms with Gasteiger partial charge in [0.15, 0.2) is 0 Å². The molecule has 0 spiro atoms. The van der Waals surface area contributed by atoms with Crippen LogP contribution in [0.5, 0.6) is 0 Å². The van der Waals surface area contributed by atoms with Crippen LogP contribution in [0, 0.1) is 0 Å². The topological polar surface area (TPSA) is 89.3 Å². The summed E-state index contributed by atoms with van der Waals surface area (Å²) in [5.41, 5.74) is 9.13. The minimum atomic E-state index is -0.186. The van der Waals surface area contributed by atoms with Crippen LogP contribution in [0.15, 0.2) is 85.1 Å². The largest absolute Gasteiger partial charge is 0.384 e. The average Bonchev–Trinajstić information content (AvgIpc) is 2.88. The van der Waals surface area contributed by atoms with E-state index in [1.165, 1.54) is 16.3 Å². The Bertz CT molecular complexity index is 1260. The van der Waals surface area contributed by atoms with Crippen LogP contribution in [0.25, 0.3) is 10.8 Å². The van der Waals surface area contributed by atoms with Crippen molar-refractivity contribution in [2.24, 2.45) is 0 Å². The number of fused-ring (bicyclic) bond motifs is 1. The van der Waals surface area contributed by atoms with Crippen molar-refractivity contribution in [2.75, 3.05) is 11.1 Å². The van der Waals surface area contributed by atoms with Crippen molar-refractivity contribution < 1.29 is 9.53 Å². The van der Waals surface area contributed by atoms with Crippen molar-refractivity contribution in [3.05, 3.63) is 102 Å². The number of hydrogen-bond donors (Lipinski definition) is 3. The maximum Gasteiger partial charge on any atom is 0.255 e. The molecule has 6 heteroatoms. The quantitative estimate of drug-likeness (QED) is 0.239. The molecule has 0 fully saturated rings. The van der Waals surface area contributed by atoms with E-state index >= 15 is 0 Å². The van der Waals surface area contributed by atoms with E-state index in [4.69, 9.17) is 10.5 Å². The number of pyridine rings is 1. The summed E-state index contributed by atoms with van der Waals surface area (Å²) >= 11 is 0. The van der Waals surface area contributed by atoms with Gasteiger partial charge in [-0.3, -0.25) is 10.1 Å². The SMILES string of the molecule is CCCCC(NCc1ccc(C(=O)Nc2ccnc(N)c2)cc1)OCc1ccc2ccccc2c1. The van der Waals surface area contributed by atoms with Crippen LogP contribution in [-0.2, 0) is 17.9 Å². The van der Waals surface area contributed by atoms with Gasteiger partial charge in [0.05, 0.1) is 6.61 Å². The monoisotopic (exact) mass is 468 g/mol. The molecule has 3 aromatic carbocycles. The molecule has 0 saturated carbocycles. The van der Waals surface area contributed by atoms with E-state index in [2.05, 4.69) is 65.0 Å². The van der Waals surface area contributed by atoms with Gasteiger partial charge in [-0.05, 0) is 59.0 Å². The maximum absolute atomic E-state index is 12.5. The number of carbonyl (C=O) groups excluding carboxylic acids is 1. The molecule has 4 aromatic rings. The normalized spacial score (nSPS) is 11.9. The van der Waals surface area contributed by atoms with Gasteiger partial charge >= 0.3 is 0 Å². The second-order valence-electron chi connectivity index (χ2n) is 8.62. The van der Waals surface area contributed by atoms with Gasteiger partial charge in [0.2, 0.25) is 0 Å². The van der Waals surface area contributed by atoms with E-state index < -0.39 is 0 Å². The molecule has 0 aliphatic carbocycles. The highest BCUT2D eigenvalue weighted by Gasteiger charge is 2.10. The molecule has 0 aliphatic heterocycles. The van der Waals surface area contributed by atoms with Gasteiger partial charge in [-0.1, -0.05) is 61.9 Å². The molecule has 0 saturated heterocycles. The molecule has 1 heterocycles. The number of amides is 1. The third kappa shape index (κ3) is 7.12. The number of unbranched alkanes of at least 4 members (excludes halogenated alkanes) is 1. The maximum atomic E-state index is 12.5. The van der Waals surface area contributed by atoms with E-state index in [0.717, 1.165) is 24.8 Å². The van der Waals surface area contributed by atoms with Crippen LogP contribution in [0.2, 0.25) is 0 Å². The highest BCUT2D eigenvalue weighted by atomic mass is 16.5. The number of nitrogens with two attached hydrogens (primary N) is 1. The number of aromatic nitrogens is 1. The Morgan fingerprint density at radius 2 is 1.74 bits per heavy atom. The molecule has 180 valence electrons. The summed E-state index contributed by atoms with van der Waals surface area (Å²) in [6.07, 6.45) is 4.68. The molecule has 1 aromatic heterocycles. The second-order valence-corrected chi connectivity index (χ2v) is 8.62. The smallest absolute Gasteiger partial charge is 0.255 e. The van der Waals surface area contributed by atoms with Crippen molar-refractivity contribution in [2.45, 2.75) is 45.6 Å². The molecule has 1 unspecified atom stereocenters. The predicted molar refractivity (Wildman–Crippen MR) is 142 cm³/mol. The summed E-state index contributed by atoms with van der Waals surface area (Å²) in [6.45, 7) is 3.41. The first-order valence-corrected chi connectivity index (χ1v) is 12.0. The number of nitrogens with one attached hydrogen (secondary N) is 2. The Labute approximate surface area is 206 Å². The highest BCUT2D eigenvalue weighted by molar-refractivity contribution is 6.04. The van der Waals surface area contributed by atoms with E-state index in [-0.39, 0.29) is 12.1 Å². The van der Waals surface area contributed by atoms with Crippen LogP contribution >= 0.6 is 0 Å². The molecule has 1 atom stereocenters. The highest BCUT2D eigenvalue weighted by Crippen LogP contribution is 2.17. The summed E-state index contributed by atoms with van der Waals surface area (Å²) in [6, 6.07) is 25.7.